The van der Waals surface area contributed by atoms with Crippen molar-refractivity contribution >= 4 is 23.2 Å². The second kappa shape index (κ2) is 9.49. The van der Waals surface area contributed by atoms with E-state index in [1.165, 1.54) is 22.0 Å². The van der Waals surface area contributed by atoms with Crippen LogP contribution < -0.4 is 15.0 Å². The molecular formula is C23H23FN8O3. The topological polar surface area (TPSA) is 118 Å². The highest BCUT2D eigenvalue weighted by atomic mass is 19.1. The van der Waals surface area contributed by atoms with Gasteiger partial charge in [-0.25, -0.2) is 19.0 Å². The van der Waals surface area contributed by atoms with Crippen molar-refractivity contribution in [1.29, 1.82) is 0 Å². The third-order valence-electron chi connectivity index (χ3n) is 5.91. The average molecular weight is 478 g/mol. The number of nitrogens with one attached hydrogen (secondary N) is 1. The molecule has 2 aliphatic heterocycles. The number of carbonyl (C=O) groups excluding carboxylic acids is 2. The third-order valence-corrected chi connectivity index (χ3v) is 5.91. The molecule has 5 rings (SSSR count). The van der Waals surface area contributed by atoms with E-state index in [9.17, 15) is 14.0 Å². The van der Waals surface area contributed by atoms with E-state index in [1.54, 1.807) is 12.4 Å². The first kappa shape index (κ1) is 22.4. The standard InChI is InChI=1S/C23H23FN8O3/c1-2-35-18-4-3-5-25-21(18)30-8-10-31(11-9-30)23(34)20(33)15-12-16-17(24)14-27-22(19(16)26-13-15)32-7-6-28-29-32/h3-7,13-14,26H,2,8-12H2,1H3. The molecule has 0 saturated carbocycles. The monoisotopic (exact) mass is 478 g/mol. The van der Waals surface area contributed by atoms with Gasteiger partial charge in [0.05, 0.1) is 30.9 Å². The minimum atomic E-state index is -0.664. The Hall–Kier alpha value is -4.35. The van der Waals surface area contributed by atoms with Crippen LogP contribution in [0.5, 0.6) is 5.75 Å². The fourth-order valence-corrected chi connectivity index (χ4v) is 4.17. The molecule has 1 amide bonds. The van der Waals surface area contributed by atoms with Crippen molar-refractivity contribution in [2.24, 2.45) is 0 Å². The van der Waals surface area contributed by atoms with Crippen molar-refractivity contribution in [2.75, 3.05) is 43.0 Å². The number of pyridine rings is 2. The number of Topliss-reactive ketones (excluding diaryl/α,β-unsaturated/α-hetero) is 1. The van der Waals surface area contributed by atoms with Crippen LogP contribution in [0.3, 0.4) is 0 Å². The third kappa shape index (κ3) is 4.29. The summed E-state index contributed by atoms with van der Waals surface area (Å²) in [5.74, 6) is -0.0944. The molecular weight excluding hydrogens is 455 g/mol. The zero-order chi connectivity index (χ0) is 24.4. The van der Waals surface area contributed by atoms with E-state index in [0.29, 0.717) is 50.0 Å². The number of halogens is 1. The first-order valence-corrected chi connectivity index (χ1v) is 11.2. The highest BCUT2D eigenvalue weighted by Gasteiger charge is 2.32. The second-order valence-electron chi connectivity index (χ2n) is 7.99. The molecule has 11 nitrogen and oxygen atoms in total. The van der Waals surface area contributed by atoms with Crippen LogP contribution in [-0.2, 0) is 16.0 Å². The lowest BCUT2D eigenvalue weighted by molar-refractivity contribution is -0.143. The molecule has 5 heterocycles. The molecule has 0 unspecified atom stereocenters. The van der Waals surface area contributed by atoms with E-state index < -0.39 is 17.5 Å². The van der Waals surface area contributed by atoms with Crippen LogP contribution in [0.2, 0.25) is 0 Å². The molecule has 0 aliphatic carbocycles. The molecule has 35 heavy (non-hydrogen) atoms. The van der Waals surface area contributed by atoms with Gasteiger partial charge in [-0.2, -0.15) is 0 Å². The van der Waals surface area contributed by atoms with Gasteiger partial charge in [-0.1, -0.05) is 5.21 Å². The number of rotatable bonds is 6. The first-order chi connectivity index (χ1) is 17.1. The molecule has 1 saturated heterocycles. The van der Waals surface area contributed by atoms with Crippen molar-refractivity contribution in [2.45, 2.75) is 13.3 Å². The number of anilines is 2. The van der Waals surface area contributed by atoms with Gasteiger partial charge in [0.1, 0.15) is 5.82 Å². The van der Waals surface area contributed by atoms with Crippen molar-refractivity contribution in [3.8, 4) is 11.6 Å². The van der Waals surface area contributed by atoms with Gasteiger partial charge in [0.2, 0.25) is 5.78 Å². The molecule has 0 radical (unpaired) electrons. The van der Waals surface area contributed by atoms with Gasteiger partial charge in [0.15, 0.2) is 17.4 Å². The summed E-state index contributed by atoms with van der Waals surface area (Å²) >= 11 is 0. The number of piperazine rings is 1. The number of carbonyl (C=O) groups is 2. The van der Waals surface area contributed by atoms with Crippen molar-refractivity contribution < 1.29 is 18.7 Å². The van der Waals surface area contributed by atoms with Crippen LogP contribution in [0, 0.1) is 5.82 Å². The summed E-state index contributed by atoms with van der Waals surface area (Å²) in [4.78, 5) is 38.0. The average Bonchev–Trinajstić information content (AvgIpc) is 3.43. The fraction of sp³-hybridized carbons (Fsp3) is 0.304. The molecule has 3 aromatic heterocycles. The number of hydrogen-bond donors (Lipinski definition) is 1. The Morgan fingerprint density at radius 2 is 1.97 bits per heavy atom. The number of fused-ring (bicyclic) bond motifs is 1. The van der Waals surface area contributed by atoms with E-state index >= 15 is 0 Å². The van der Waals surface area contributed by atoms with Gasteiger partial charge < -0.3 is 19.9 Å². The van der Waals surface area contributed by atoms with Crippen molar-refractivity contribution in [3.05, 3.63) is 60.1 Å². The lowest BCUT2D eigenvalue weighted by Crippen LogP contribution is -2.51. The minimum absolute atomic E-state index is 0.0332. The maximum absolute atomic E-state index is 14.6. The van der Waals surface area contributed by atoms with Crippen molar-refractivity contribution in [1.82, 2.24) is 29.9 Å². The maximum atomic E-state index is 14.6. The van der Waals surface area contributed by atoms with E-state index in [2.05, 4.69) is 25.6 Å². The Labute approximate surface area is 200 Å². The van der Waals surface area contributed by atoms with Crippen LogP contribution in [0.4, 0.5) is 15.9 Å². The number of ketones is 1. The van der Waals surface area contributed by atoms with Crippen molar-refractivity contribution in [3.63, 3.8) is 0 Å². The SMILES string of the molecule is CCOc1cccnc1N1CCN(C(=O)C(=O)C2=CNc3c(-n4ccnn4)ncc(F)c3C2)CC1. The van der Waals surface area contributed by atoms with Crippen LogP contribution in [-0.4, -0.2) is 74.3 Å². The number of nitrogens with zero attached hydrogens (tertiary/aromatic N) is 7. The van der Waals surface area contributed by atoms with E-state index in [1.807, 2.05) is 24.0 Å². The maximum Gasteiger partial charge on any atom is 0.294 e. The largest absolute Gasteiger partial charge is 0.490 e. The zero-order valence-electron chi connectivity index (χ0n) is 19.0. The lowest BCUT2D eigenvalue weighted by Gasteiger charge is -2.35. The Morgan fingerprint density at radius 1 is 1.14 bits per heavy atom. The predicted molar refractivity (Wildman–Crippen MR) is 124 cm³/mol. The summed E-state index contributed by atoms with van der Waals surface area (Å²) in [6.07, 6.45) is 7.23. The van der Waals surface area contributed by atoms with E-state index in [0.717, 1.165) is 12.0 Å². The molecule has 2 aliphatic rings. The van der Waals surface area contributed by atoms with Crippen LogP contribution in [0.1, 0.15) is 12.5 Å². The number of amides is 1. The second-order valence-corrected chi connectivity index (χ2v) is 7.99. The van der Waals surface area contributed by atoms with Gasteiger partial charge >= 0.3 is 0 Å². The Morgan fingerprint density at radius 3 is 2.71 bits per heavy atom. The van der Waals surface area contributed by atoms with E-state index in [4.69, 9.17) is 4.74 Å². The summed E-state index contributed by atoms with van der Waals surface area (Å²) in [6.45, 7) is 4.17. The summed E-state index contributed by atoms with van der Waals surface area (Å²) in [7, 11) is 0. The molecule has 1 fully saturated rings. The number of hydrogen-bond acceptors (Lipinski definition) is 9. The Kier molecular flexibility index (Phi) is 6.08. The first-order valence-electron chi connectivity index (χ1n) is 11.2. The summed E-state index contributed by atoms with van der Waals surface area (Å²) in [6, 6.07) is 3.67. The molecule has 0 aromatic carbocycles. The molecule has 0 bridgehead atoms. The quantitative estimate of drug-likeness (QED) is 0.524. The molecule has 0 atom stereocenters. The predicted octanol–water partition coefficient (Wildman–Crippen LogP) is 1.36. The number of aromatic nitrogens is 5. The van der Waals surface area contributed by atoms with Crippen LogP contribution in [0.15, 0.2) is 48.7 Å². The summed E-state index contributed by atoms with van der Waals surface area (Å²) in [5, 5.41) is 10.6. The summed E-state index contributed by atoms with van der Waals surface area (Å²) in [5.41, 5.74) is 0.809. The van der Waals surface area contributed by atoms with Gasteiger partial charge in [-0.15, -0.1) is 5.10 Å². The van der Waals surface area contributed by atoms with Gasteiger partial charge in [0, 0.05) is 56.1 Å². The lowest BCUT2D eigenvalue weighted by atomic mass is 9.97. The van der Waals surface area contributed by atoms with Gasteiger partial charge in [-0.3, -0.25) is 9.59 Å². The highest BCUT2D eigenvalue weighted by Crippen LogP contribution is 2.31. The van der Waals surface area contributed by atoms with Gasteiger partial charge in [-0.05, 0) is 19.1 Å². The van der Waals surface area contributed by atoms with Crippen LogP contribution >= 0.6 is 0 Å². The fourth-order valence-electron chi connectivity index (χ4n) is 4.17. The molecule has 0 spiro atoms. The Bertz CT molecular complexity index is 1290. The smallest absolute Gasteiger partial charge is 0.294 e. The Balaban J connectivity index is 1.27. The number of ether oxygens (including phenoxy) is 1. The molecule has 180 valence electrons. The normalized spacial score (nSPS) is 15.2. The summed E-state index contributed by atoms with van der Waals surface area (Å²) < 4.78 is 21.6. The van der Waals surface area contributed by atoms with Gasteiger partial charge in [0.25, 0.3) is 5.91 Å². The molecule has 3 aromatic rings. The molecule has 12 heteroatoms. The molecule has 1 N–H and O–H groups in total. The minimum Gasteiger partial charge on any atom is -0.490 e. The van der Waals surface area contributed by atoms with Crippen LogP contribution in [0.25, 0.3) is 5.82 Å². The highest BCUT2D eigenvalue weighted by molar-refractivity contribution is 6.42. The van der Waals surface area contributed by atoms with E-state index in [-0.39, 0.29) is 17.6 Å². The zero-order valence-corrected chi connectivity index (χ0v) is 19.0.